The zero-order chi connectivity index (χ0) is 14.0. The fraction of sp³-hybridized carbons (Fsp3) is 0.286. The van der Waals surface area contributed by atoms with Crippen molar-refractivity contribution in [2.45, 2.75) is 26.7 Å². The van der Waals surface area contributed by atoms with E-state index in [4.69, 9.17) is 0 Å². The molecular formula is C14H16N2O2S. The van der Waals surface area contributed by atoms with E-state index in [9.17, 15) is 9.90 Å². The predicted molar refractivity (Wildman–Crippen MR) is 77.0 cm³/mol. The van der Waals surface area contributed by atoms with Gasteiger partial charge in [0, 0.05) is 10.9 Å². The van der Waals surface area contributed by atoms with Gasteiger partial charge in [0.25, 0.3) is 5.91 Å². The first-order valence-corrected chi connectivity index (χ1v) is 6.91. The van der Waals surface area contributed by atoms with E-state index in [1.54, 1.807) is 19.1 Å². The first kappa shape index (κ1) is 13.5. The van der Waals surface area contributed by atoms with Crippen molar-refractivity contribution in [3.8, 4) is 5.75 Å². The van der Waals surface area contributed by atoms with Crippen LogP contribution in [0.3, 0.4) is 0 Å². The molecule has 100 valence electrons. The van der Waals surface area contributed by atoms with E-state index in [1.165, 1.54) is 17.4 Å². The molecule has 0 unspecified atom stereocenters. The first-order chi connectivity index (χ1) is 8.97. The standard InChI is InChI=1S/C14H16N2O2S/c1-8(2)12-7-19-14(15-12)16-13(18)11-5-4-10(17)6-9(11)3/h4-8,17H,1-3H3,(H,15,16,18). The van der Waals surface area contributed by atoms with E-state index in [2.05, 4.69) is 24.1 Å². The highest BCUT2D eigenvalue weighted by Gasteiger charge is 2.12. The van der Waals surface area contributed by atoms with E-state index in [0.717, 1.165) is 11.3 Å². The molecule has 0 saturated carbocycles. The minimum atomic E-state index is -0.206. The van der Waals surface area contributed by atoms with Gasteiger partial charge in [0.2, 0.25) is 0 Å². The lowest BCUT2D eigenvalue weighted by molar-refractivity contribution is 0.102. The number of carbonyl (C=O) groups excluding carboxylic acids is 1. The van der Waals surface area contributed by atoms with Crippen molar-refractivity contribution in [1.82, 2.24) is 4.98 Å². The van der Waals surface area contributed by atoms with Crippen molar-refractivity contribution in [2.24, 2.45) is 0 Å². The minimum absolute atomic E-state index is 0.158. The topological polar surface area (TPSA) is 62.2 Å². The van der Waals surface area contributed by atoms with Gasteiger partial charge in [0.1, 0.15) is 5.75 Å². The van der Waals surface area contributed by atoms with Gasteiger partial charge in [-0.3, -0.25) is 10.1 Å². The van der Waals surface area contributed by atoms with E-state index < -0.39 is 0 Å². The Bertz CT molecular complexity index is 605. The van der Waals surface area contributed by atoms with Crippen LogP contribution in [-0.4, -0.2) is 16.0 Å². The molecule has 4 nitrogen and oxygen atoms in total. The molecule has 0 atom stereocenters. The molecule has 2 N–H and O–H groups in total. The van der Waals surface area contributed by atoms with Gasteiger partial charge in [0.15, 0.2) is 5.13 Å². The third-order valence-electron chi connectivity index (χ3n) is 2.79. The fourth-order valence-corrected chi connectivity index (χ4v) is 2.54. The highest BCUT2D eigenvalue weighted by atomic mass is 32.1. The molecule has 2 aromatic rings. The molecule has 1 aromatic heterocycles. The zero-order valence-corrected chi connectivity index (χ0v) is 11.9. The summed E-state index contributed by atoms with van der Waals surface area (Å²) in [6.45, 7) is 5.91. The largest absolute Gasteiger partial charge is 0.508 e. The average molecular weight is 276 g/mol. The summed E-state index contributed by atoms with van der Waals surface area (Å²) in [7, 11) is 0. The molecule has 1 heterocycles. The number of nitrogens with one attached hydrogen (secondary N) is 1. The molecular weight excluding hydrogens is 260 g/mol. The molecule has 1 amide bonds. The normalized spacial score (nSPS) is 10.7. The van der Waals surface area contributed by atoms with E-state index in [-0.39, 0.29) is 11.7 Å². The number of rotatable bonds is 3. The Balaban J connectivity index is 2.16. The summed E-state index contributed by atoms with van der Waals surface area (Å²) in [4.78, 5) is 16.5. The third kappa shape index (κ3) is 3.12. The highest BCUT2D eigenvalue weighted by molar-refractivity contribution is 7.14. The molecule has 19 heavy (non-hydrogen) atoms. The predicted octanol–water partition coefficient (Wildman–Crippen LogP) is 3.53. The lowest BCUT2D eigenvalue weighted by atomic mass is 10.1. The zero-order valence-electron chi connectivity index (χ0n) is 11.1. The second-order valence-electron chi connectivity index (χ2n) is 4.69. The number of hydrogen-bond donors (Lipinski definition) is 2. The molecule has 0 aliphatic heterocycles. The van der Waals surface area contributed by atoms with Crippen LogP contribution in [0.4, 0.5) is 5.13 Å². The van der Waals surface area contributed by atoms with Crippen LogP contribution in [0.25, 0.3) is 0 Å². The van der Waals surface area contributed by atoms with Crippen LogP contribution in [0.2, 0.25) is 0 Å². The number of benzene rings is 1. The number of aryl methyl sites for hydroxylation is 1. The number of amides is 1. The number of carbonyl (C=O) groups is 1. The first-order valence-electron chi connectivity index (χ1n) is 6.03. The summed E-state index contributed by atoms with van der Waals surface area (Å²) in [5.74, 6) is 0.296. The quantitative estimate of drug-likeness (QED) is 0.901. The van der Waals surface area contributed by atoms with Gasteiger partial charge >= 0.3 is 0 Å². The number of phenolic OH excluding ortho intramolecular Hbond substituents is 1. The molecule has 1 aromatic carbocycles. The van der Waals surface area contributed by atoms with Gasteiger partial charge in [-0.2, -0.15) is 0 Å². The number of phenols is 1. The Morgan fingerprint density at radius 1 is 1.42 bits per heavy atom. The summed E-state index contributed by atoms with van der Waals surface area (Å²) >= 11 is 1.42. The van der Waals surface area contributed by atoms with Gasteiger partial charge in [-0.15, -0.1) is 11.3 Å². The smallest absolute Gasteiger partial charge is 0.257 e. The third-order valence-corrected chi connectivity index (χ3v) is 3.56. The Morgan fingerprint density at radius 3 is 2.74 bits per heavy atom. The lowest BCUT2D eigenvalue weighted by Crippen LogP contribution is -2.13. The Labute approximate surface area is 116 Å². The fourth-order valence-electron chi connectivity index (χ4n) is 1.68. The maximum Gasteiger partial charge on any atom is 0.257 e. The molecule has 0 fully saturated rings. The Morgan fingerprint density at radius 2 is 2.16 bits per heavy atom. The molecule has 0 aliphatic carbocycles. The van der Waals surface area contributed by atoms with Crippen LogP contribution in [-0.2, 0) is 0 Å². The Hall–Kier alpha value is -1.88. The summed E-state index contributed by atoms with van der Waals surface area (Å²) in [5, 5.41) is 14.7. The SMILES string of the molecule is Cc1cc(O)ccc1C(=O)Nc1nc(C(C)C)cs1. The van der Waals surface area contributed by atoms with Crippen LogP contribution in [0.1, 0.15) is 41.4 Å². The summed E-state index contributed by atoms with van der Waals surface area (Å²) < 4.78 is 0. The maximum absolute atomic E-state index is 12.1. The van der Waals surface area contributed by atoms with Crippen molar-refractivity contribution in [1.29, 1.82) is 0 Å². The van der Waals surface area contributed by atoms with Crippen molar-refractivity contribution < 1.29 is 9.90 Å². The van der Waals surface area contributed by atoms with Crippen LogP contribution < -0.4 is 5.32 Å². The number of thiazole rings is 1. The summed E-state index contributed by atoms with van der Waals surface area (Å²) in [6.07, 6.45) is 0. The Kier molecular flexibility index (Phi) is 3.85. The summed E-state index contributed by atoms with van der Waals surface area (Å²) in [5.41, 5.74) is 2.25. The number of nitrogens with zero attached hydrogens (tertiary/aromatic N) is 1. The maximum atomic E-state index is 12.1. The van der Waals surface area contributed by atoms with Crippen LogP contribution in [0.5, 0.6) is 5.75 Å². The minimum Gasteiger partial charge on any atom is -0.508 e. The molecule has 2 rings (SSSR count). The van der Waals surface area contributed by atoms with Crippen molar-refractivity contribution in [3.63, 3.8) is 0 Å². The van der Waals surface area contributed by atoms with Crippen molar-refractivity contribution >= 4 is 22.4 Å². The lowest BCUT2D eigenvalue weighted by Gasteiger charge is -2.05. The number of anilines is 1. The van der Waals surface area contributed by atoms with Gasteiger partial charge in [-0.05, 0) is 36.6 Å². The number of hydrogen-bond acceptors (Lipinski definition) is 4. The van der Waals surface area contributed by atoms with Gasteiger partial charge in [0.05, 0.1) is 5.69 Å². The number of aromatic nitrogens is 1. The van der Waals surface area contributed by atoms with Crippen LogP contribution in [0, 0.1) is 6.92 Å². The second-order valence-corrected chi connectivity index (χ2v) is 5.54. The molecule has 0 saturated heterocycles. The summed E-state index contributed by atoms with van der Waals surface area (Å²) in [6, 6.07) is 4.68. The molecule has 0 radical (unpaired) electrons. The second kappa shape index (κ2) is 5.40. The average Bonchev–Trinajstić information content (AvgIpc) is 2.77. The molecule has 0 aliphatic rings. The molecule has 0 spiro atoms. The van der Waals surface area contributed by atoms with Gasteiger partial charge in [-0.25, -0.2) is 4.98 Å². The number of aromatic hydroxyl groups is 1. The molecule has 0 bridgehead atoms. The highest BCUT2D eigenvalue weighted by Crippen LogP contribution is 2.23. The van der Waals surface area contributed by atoms with E-state index in [1.807, 2.05) is 5.38 Å². The van der Waals surface area contributed by atoms with Crippen molar-refractivity contribution in [3.05, 3.63) is 40.4 Å². The van der Waals surface area contributed by atoms with E-state index >= 15 is 0 Å². The van der Waals surface area contributed by atoms with Gasteiger partial charge < -0.3 is 5.11 Å². The van der Waals surface area contributed by atoms with E-state index in [0.29, 0.717) is 16.6 Å². The molecule has 5 heteroatoms. The van der Waals surface area contributed by atoms with Crippen molar-refractivity contribution in [2.75, 3.05) is 5.32 Å². The van der Waals surface area contributed by atoms with Crippen LogP contribution in [0.15, 0.2) is 23.6 Å². The monoisotopic (exact) mass is 276 g/mol. The van der Waals surface area contributed by atoms with Crippen LogP contribution >= 0.6 is 11.3 Å². The van der Waals surface area contributed by atoms with Gasteiger partial charge in [-0.1, -0.05) is 13.8 Å².